The van der Waals surface area contributed by atoms with Gasteiger partial charge in [0.2, 0.25) is 0 Å². The highest BCUT2D eigenvalue weighted by atomic mass is 35.5. The van der Waals surface area contributed by atoms with Crippen molar-refractivity contribution in [1.29, 1.82) is 0 Å². The molecule has 8 heteroatoms. The molecule has 4 rings (SSSR count). The molecule has 1 amide bonds. The fraction of sp³-hybridized carbons (Fsp3) is 0.364. The van der Waals surface area contributed by atoms with Crippen molar-refractivity contribution in [3.8, 4) is 0 Å². The van der Waals surface area contributed by atoms with Crippen LogP contribution in [0, 0.1) is 13.8 Å². The van der Waals surface area contributed by atoms with Crippen LogP contribution >= 0.6 is 34.5 Å². The van der Waals surface area contributed by atoms with E-state index in [0.717, 1.165) is 48.6 Å². The molecule has 1 fully saturated rings. The lowest BCUT2D eigenvalue weighted by atomic mass is 10.1. The number of fused-ring (bicyclic) bond motifs is 1. The number of carbonyl (C=O) groups is 1. The van der Waals surface area contributed by atoms with Gasteiger partial charge in [-0.25, -0.2) is 4.98 Å². The molecule has 1 aliphatic rings. The molecule has 30 heavy (non-hydrogen) atoms. The van der Waals surface area contributed by atoms with Crippen molar-refractivity contribution < 1.29 is 9.53 Å². The first-order valence-electron chi connectivity index (χ1n) is 9.87. The summed E-state index contributed by atoms with van der Waals surface area (Å²) in [6.45, 7) is 8.56. The molecule has 3 aromatic rings. The SMILES string of the molecule is Cc1cc(C)c2sc(N(CCN3CCOCC3)C(=O)c3ccc(Cl)cc3Cl)nc2c1. The van der Waals surface area contributed by atoms with E-state index < -0.39 is 0 Å². The third-order valence-electron chi connectivity index (χ3n) is 5.19. The van der Waals surface area contributed by atoms with E-state index >= 15 is 0 Å². The zero-order valence-corrected chi connectivity index (χ0v) is 19.3. The third-order valence-corrected chi connectivity index (χ3v) is 6.97. The molecule has 0 unspecified atom stereocenters. The lowest BCUT2D eigenvalue weighted by Gasteiger charge is -2.29. The average Bonchev–Trinajstić information content (AvgIpc) is 3.13. The number of aryl methyl sites for hydroxylation is 2. The minimum Gasteiger partial charge on any atom is -0.379 e. The molecule has 5 nitrogen and oxygen atoms in total. The summed E-state index contributed by atoms with van der Waals surface area (Å²) in [7, 11) is 0. The normalized spacial score (nSPS) is 14.9. The summed E-state index contributed by atoms with van der Waals surface area (Å²) in [5.74, 6) is -0.168. The Morgan fingerprint density at radius 1 is 1.20 bits per heavy atom. The zero-order chi connectivity index (χ0) is 21.3. The van der Waals surface area contributed by atoms with Crippen molar-refractivity contribution in [2.75, 3.05) is 44.3 Å². The van der Waals surface area contributed by atoms with Crippen LogP contribution in [0.15, 0.2) is 30.3 Å². The first kappa shape index (κ1) is 21.5. The molecule has 0 atom stereocenters. The number of amides is 1. The summed E-state index contributed by atoms with van der Waals surface area (Å²) in [6, 6.07) is 9.16. The quantitative estimate of drug-likeness (QED) is 0.521. The predicted octanol–water partition coefficient (Wildman–Crippen LogP) is 5.20. The van der Waals surface area contributed by atoms with Gasteiger partial charge in [-0.2, -0.15) is 0 Å². The highest BCUT2D eigenvalue weighted by Crippen LogP contribution is 2.33. The van der Waals surface area contributed by atoms with Gasteiger partial charge in [-0.05, 0) is 49.2 Å². The Morgan fingerprint density at radius 3 is 2.70 bits per heavy atom. The molecule has 1 aromatic heterocycles. The van der Waals surface area contributed by atoms with E-state index in [-0.39, 0.29) is 5.91 Å². The lowest BCUT2D eigenvalue weighted by molar-refractivity contribution is 0.0391. The van der Waals surface area contributed by atoms with Crippen LogP contribution in [-0.2, 0) is 4.74 Å². The van der Waals surface area contributed by atoms with Crippen LogP contribution in [0.2, 0.25) is 10.0 Å². The summed E-state index contributed by atoms with van der Waals surface area (Å²) < 4.78 is 6.54. The molecule has 1 saturated heterocycles. The number of hydrogen-bond acceptors (Lipinski definition) is 5. The second-order valence-corrected chi connectivity index (χ2v) is 9.28. The number of hydrogen-bond donors (Lipinski definition) is 0. The Morgan fingerprint density at radius 2 is 1.97 bits per heavy atom. The molecule has 2 aromatic carbocycles. The smallest absolute Gasteiger partial charge is 0.261 e. The Balaban J connectivity index is 1.69. The van der Waals surface area contributed by atoms with Crippen molar-refractivity contribution in [1.82, 2.24) is 9.88 Å². The summed E-state index contributed by atoms with van der Waals surface area (Å²) in [4.78, 5) is 22.3. The number of aromatic nitrogens is 1. The van der Waals surface area contributed by atoms with Crippen LogP contribution in [0.3, 0.4) is 0 Å². The molecule has 1 aliphatic heterocycles. The first-order valence-corrected chi connectivity index (χ1v) is 11.4. The van der Waals surface area contributed by atoms with Gasteiger partial charge in [0.25, 0.3) is 5.91 Å². The van der Waals surface area contributed by atoms with Crippen molar-refractivity contribution in [2.24, 2.45) is 0 Å². The molecule has 0 spiro atoms. The standard InChI is InChI=1S/C22H23Cl2N3O2S/c1-14-11-15(2)20-19(12-14)25-22(30-20)27(6-5-26-7-9-29-10-8-26)21(28)17-4-3-16(23)13-18(17)24/h3-4,11-13H,5-10H2,1-2H3. The van der Waals surface area contributed by atoms with E-state index in [0.29, 0.717) is 27.3 Å². The summed E-state index contributed by atoms with van der Waals surface area (Å²) >= 11 is 13.9. The van der Waals surface area contributed by atoms with Crippen LogP contribution in [0.4, 0.5) is 5.13 Å². The molecule has 2 heterocycles. The van der Waals surface area contributed by atoms with Gasteiger partial charge < -0.3 is 4.74 Å². The van der Waals surface area contributed by atoms with Crippen LogP contribution in [0.5, 0.6) is 0 Å². The summed E-state index contributed by atoms with van der Waals surface area (Å²) in [5, 5.41) is 1.53. The monoisotopic (exact) mass is 463 g/mol. The van der Waals surface area contributed by atoms with E-state index in [9.17, 15) is 4.79 Å². The average molecular weight is 464 g/mol. The molecule has 0 bridgehead atoms. The van der Waals surface area contributed by atoms with Gasteiger partial charge in [-0.3, -0.25) is 14.6 Å². The van der Waals surface area contributed by atoms with Crippen LogP contribution in [0.1, 0.15) is 21.5 Å². The number of morpholine rings is 1. The van der Waals surface area contributed by atoms with Crippen LogP contribution in [-0.4, -0.2) is 55.2 Å². The Bertz CT molecular complexity index is 1080. The summed E-state index contributed by atoms with van der Waals surface area (Å²) in [5.41, 5.74) is 3.66. The fourth-order valence-electron chi connectivity index (χ4n) is 3.64. The van der Waals surface area contributed by atoms with Crippen molar-refractivity contribution in [3.05, 3.63) is 57.1 Å². The number of rotatable bonds is 5. The molecule has 0 saturated carbocycles. The topological polar surface area (TPSA) is 45.7 Å². The molecule has 0 N–H and O–H groups in total. The fourth-order valence-corrected chi connectivity index (χ4v) is 5.17. The Labute approximate surface area is 190 Å². The minimum atomic E-state index is -0.168. The van der Waals surface area contributed by atoms with E-state index in [1.807, 2.05) is 0 Å². The van der Waals surface area contributed by atoms with Crippen LogP contribution in [0.25, 0.3) is 10.2 Å². The largest absolute Gasteiger partial charge is 0.379 e. The first-order chi connectivity index (χ1) is 14.4. The highest BCUT2D eigenvalue weighted by Gasteiger charge is 2.25. The number of halogens is 2. The predicted molar refractivity (Wildman–Crippen MR) is 124 cm³/mol. The molecular formula is C22H23Cl2N3O2S. The maximum absolute atomic E-state index is 13.5. The van der Waals surface area contributed by atoms with Gasteiger partial charge >= 0.3 is 0 Å². The van der Waals surface area contributed by atoms with Gasteiger partial charge in [-0.15, -0.1) is 0 Å². The van der Waals surface area contributed by atoms with Crippen molar-refractivity contribution in [2.45, 2.75) is 13.8 Å². The van der Waals surface area contributed by atoms with Crippen molar-refractivity contribution in [3.63, 3.8) is 0 Å². The maximum Gasteiger partial charge on any atom is 0.261 e. The van der Waals surface area contributed by atoms with Crippen molar-refractivity contribution >= 4 is 55.8 Å². The third kappa shape index (κ3) is 4.63. The molecular weight excluding hydrogens is 441 g/mol. The molecule has 0 aliphatic carbocycles. The zero-order valence-electron chi connectivity index (χ0n) is 17.0. The second kappa shape index (κ2) is 9.20. The number of nitrogens with zero attached hydrogens (tertiary/aromatic N) is 3. The Kier molecular flexibility index (Phi) is 6.60. The minimum absolute atomic E-state index is 0.168. The van der Waals surface area contributed by atoms with Gasteiger partial charge in [0, 0.05) is 31.2 Å². The van der Waals surface area contributed by atoms with E-state index in [1.165, 1.54) is 5.56 Å². The second-order valence-electron chi connectivity index (χ2n) is 7.46. The van der Waals surface area contributed by atoms with Gasteiger partial charge in [0.1, 0.15) is 0 Å². The number of thiazole rings is 1. The summed E-state index contributed by atoms with van der Waals surface area (Å²) in [6.07, 6.45) is 0. The van der Waals surface area contributed by atoms with E-state index in [4.69, 9.17) is 32.9 Å². The lowest BCUT2D eigenvalue weighted by Crippen LogP contribution is -2.43. The highest BCUT2D eigenvalue weighted by molar-refractivity contribution is 7.22. The number of benzene rings is 2. The molecule has 0 radical (unpaired) electrons. The van der Waals surface area contributed by atoms with E-state index in [1.54, 1.807) is 34.4 Å². The van der Waals surface area contributed by atoms with Gasteiger partial charge in [-0.1, -0.05) is 40.6 Å². The van der Waals surface area contributed by atoms with Gasteiger partial charge in [0.05, 0.1) is 34.0 Å². The number of carbonyl (C=O) groups excluding carboxylic acids is 1. The van der Waals surface area contributed by atoms with Crippen LogP contribution < -0.4 is 4.90 Å². The van der Waals surface area contributed by atoms with Gasteiger partial charge in [0.15, 0.2) is 5.13 Å². The van der Waals surface area contributed by atoms with E-state index in [2.05, 4.69) is 30.9 Å². The molecule has 158 valence electrons. The number of anilines is 1. The Hall–Kier alpha value is -1.70. The number of ether oxygens (including phenoxy) is 1. The maximum atomic E-state index is 13.5.